The number of aryl methyl sites for hydroxylation is 1. The van der Waals surface area contributed by atoms with Crippen LogP contribution in [0.5, 0.6) is 5.19 Å². The maximum absolute atomic E-state index is 11.2. The minimum atomic E-state index is -0.0496. The van der Waals surface area contributed by atoms with E-state index in [2.05, 4.69) is 21.0 Å². The number of unbranched alkanes of at least 4 members (excludes halogenated alkanes) is 1. The van der Waals surface area contributed by atoms with Crippen LogP contribution in [0.25, 0.3) is 0 Å². The third-order valence-electron chi connectivity index (χ3n) is 1.52. The lowest BCUT2D eigenvalue weighted by Gasteiger charge is -1.96. The molecule has 0 saturated heterocycles. The van der Waals surface area contributed by atoms with Gasteiger partial charge >= 0.3 is 4.87 Å². The number of nitrogens with zero attached hydrogens (tertiary/aromatic N) is 2. The number of ether oxygens (including phenoxy) is 1. The van der Waals surface area contributed by atoms with Gasteiger partial charge in [0.1, 0.15) is 0 Å². The van der Waals surface area contributed by atoms with Gasteiger partial charge in [-0.25, -0.2) is 4.68 Å². The monoisotopic (exact) mass is 266 g/mol. The van der Waals surface area contributed by atoms with Gasteiger partial charge in [0.25, 0.3) is 5.19 Å². The van der Waals surface area contributed by atoms with Gasteiger partial charge in [-0.1, -0.05) is 15.9 Å². The molecule has 0 aromatic carbocycles. The first kappa shape index (κ1) is 10.7. The number of alkyl halides is 1. The standard InChI is InChI=1S/C7H11BrN2O2S/c1-12-6-9-10(7(11)13-6)5-3-2-4-8/h2-5H2,1H3. The highest BCUT2D eigenvalue weighted by molar-refractivity contribution is 9.09. The van der Waals surface area contributed by atoms with Crippen LogP contribution >= 0.6 is 27.3 Å². The zero-order valence-corrected chi connectivity index (χ0v) is 9.73. The second kappa shape index (κ2) is 5.39. The highest BCUT2D eigenvalue weighted by Gasteiger charge is 2.04. The SMILES string of the molecule is COc1nn(CCCCBr)c(=O)s1. The van der Waals surface area contributed by atoms with Crippen LogP contribution in [0.2, 0.25) is 0 Å². The van der Waals surface area contributed by atoms with Gasteiger partial charge in [-0.05, 0) is 24.2 Å². The molecular formula is C7H11BrN2O2S. The van der Waals surface area contributed by atoms with Crippen LogP contribution in [0.3, 0.4) is 0 Å². The Hall–Kier alpha value is -0.360. The summed E-state index contributed by atoms with van der Waals surface area (Å²) in [7, 11) is 1.51. The van der Waals surface area contributed by atoms with E-state index in [1.165, 1.54) is 11.8 Å². The van der Waals surface area contributed by atoms with Gasteiger partial charge in [0, 0.05) is 11.9 Å². The molecule has 0 atom stereocenters. The van der Waals surface area contributed by atoms with Crippen molar-refractivity contribution in [2.75, 3.05) is 12.4 Å². The molecule has 0 aliphatic carbocycles. The summed E-state index contributed by atoms with van der Waals surface area (Å²) in [5.41, 5.74) is 0. The van der Waals surface area contributed by atoms with Crippen LogP contribution in [0.15, 0.2) is 4.79 Å². The number of methoxy groups -OCH3 is 1. The maximum Gasteiger partial charge on any atom is 0.328 e. The Morgan fingerprint density at radius 3 is 2.92 bits per heavy atom. The van der Waals surface area contributed by atoms with Crippen molar-refractivity contribution in [1.82, 2.24) is 9.78 Å². The summed E-state index contributed by atoms with van der Waals surface area (Å²) in [6.07, 6.45) is 2.00. The third-order valence-corrected chi connectivity index (χ3v) is 2.88. The molecule has 1 rings (SSSR count). The molecule has 1 heterocycles. The quantitative estimate of drug-likeness (QED) is 0.599. The van der Waals surface area contributed by atoms with Gasteiger partial charge in [0.05, 0.1) is 7.11 Å². The smallest absolute Gasteiger partial charge is 0.328 e. The van der Waals surface area contributed by atoms with E-state index in [1.807, 2.05) is 0 Å². The molecule has 0 saturated carbocycles. The van der Waals surface area contributed by atoms with Crippen molar-refractivity contribution < 1.29 is 4.74 Å². The largest absolute Gasteiger partial charge is 0.472 e. The summed E-state index contributed by atoms with van der Waals surface area (Å²) in [4.78, 5) is 11.2. The van der Waals surface area contributed by atoms with Crippen LogP contribution in [0.4, 0.5) is 0 Å². The van der Waals surface area contributed by atoms with Crippen molar-refractivity contribution in [3.63, 3.8) is 0 Å². The number of hydrogen-bond acceptors (Lipinski definition) is 4. The number of halogens is 1. The Morgan fingerprint density at radius 2 is 2.38 bits per heavy atom. The molecule has 0 aliphatic heterocycles. The summed E-state index contributed by atoms with van der Waals surface area (Å²) >= 11 is 4.37. The van der Waals surface area contributed by atoms with Crippen molar-refractivity contribution in [2.24, 2.45) is 0 Å². The number of hydrogen-bond donors (Lipinski definition) is 0. The van der Waals surface area contributed by atoms with Crippen LogP contribution in [0, 0.1) is 0 Å². The maximum atomic E-state index is 11.2. The summed E-state index contributed by atoms with van der Waals surface area (Å²) in [6.45, 7) is 0.671. The molecule has 0 aliphatic rings. The molecule has 13 heavy (non-hydrogen) atoms. The van der Waals surface area contributed by atoms with Gasteiger partial charge in [0.15, 0.2) is 0 Å². The van der Waals surface area contributed by atoms with E-state index in [0.717, 1.165) is 29.5 Å². The molecule has 0 amide bonds. The van der Waals surface area contributed by atoms with E-state index in [9.17, 15) is 4.79 Å². The Kier molecular flexibility index (Phi) is 4.44. The van der Waals surface area contributed by atoms with Crippen molar-refractivity contribution in [3.8, 4) is 5.19 Å². The highest BCUT2D eigenvalue weighted by Crippen LogP contribution is 2.08. The molecule has 6 heteroatoms. The van der Waals surface area contributed by atoms with Crippen LogP contribution < -0.4 is 9.61 Å². The summed E-state index contributed by atoms with van der Waals surface area (Å²) < 4.78 is 6.31. The average Bonchev–Trinajstić information content (AvgIpc) is 2.48. The van der Waals surface area contributed by atoms with Crippen LogP contribution in [0.1, 0.15) is 12.8 Å². The van der Waals surface area contributed by atoms with Gasteiger partial charge in [-0.3, -0.25) is 4.79 Å². The molecule has 0 N–H and O–H groups in total. The molecule has 1 aromatic heterocycles. The van der Waals surface area contributed by atoms with E-state index in [1.54, 1.807) is 0 Å². The zero-order valence-electron chi connectivity index (χ0n) is 7.33. The second-order valence-electron chi connectivity index (χ2n) is 2.46. The van der Waals surface area contributed by atoms with Gasteiger partial charge < -0.3 is 4.74 Å². The third kappa shape index (κ3) is 3.11. The lowest BCUT2D eigenvalue weighted by molar-refractivity contribution is 0.394. The summed E-state index contributed by atoms with van der Waals surface area (Å²) in [6, 6.07) is 0. The van der Waals surface area contributed by atoms with Crippen molar-refractivity contribution in [1.29, 1.82) is 0 Å². The van der Waals surface area contributed by atoms with Gasteiger partial charge in [-0.2, -0.15) is 0 Å². The number of aromatic nitrogens is 2. The summed E-state index contributed by atoms with van der Waals surface area (Å²) in [5, 5.41) is 5.38. The minimum absolute atomic E-state index is 0.0496. The predicted octanol–water partition coefficient (Wildman–Crippen LogP) is 1.49. The fourth-order valence-corrected chi connectivity index (χ4v) is 1.87. The first-order chi connectivity index (χ1) is 6.27. The fourth-order valence-electron chi connectivity index (χ4n) is 0.867. The van der Waals surface area contributed by atoms with E-state index in [4.69, 9.17) is 4.74 Å². The second-order valence-corrected chi connectivity index (χ2v) is 4.15. The zero-order chi connectivity index (χ0) is 9.68. The molecule has 4 nitrogen and oxygen atoms in total. The van der Waals surface area contributed by atoms with Crippen LogP contribution in [-0.4, -0.2) is 22.2 Å². The van der Waals surface area contributed by atoms with E-state index in [0.29, 0.717) is 11.7 Å². The first-order valence-corrected chi connectivity index (χ1v) is 5.89. The summed E-state index contributed by atoms with van der Waals surface area (Å²) in [5.74, 6) is 0. The van der Waals surface area contributed by atoms with Gasteiger partial charge in [-0.15, -0.1) is 5.10 Å². The molecule has 0 bridgehead atoms. The molecule has 0 spiro atoms. The topological polar surface area (TPSA) is 44.1 Å². The van der Waals surface area contributed by atoms with Crippen molar-refractivity contribution in [2.45, 2.75) is 19.4 Å². The molecular weight excluding hydrogens is 256 g/mol. The van der Waals surface area contributed by atoms with Crippen LogP contribution in [-0.2, 0) is 6.54 Å². The number of rotatable bonds is 5. The van der Waals surface area contributed by atoms with Gasteiger partial charge in [0.2, 0.25) is 0 Å². The minimum Gasteiger partial charge on any atom is -0.472 e. The molecule has 74 valence electrons. The Morgan fingerprint density at radius 1 is 1.62 bits per heavy atom. The Labute approximate surface area is 88.7 Å². The lowest BCUT2D eigenvalue weighted by atomic mass is 10.3. The molecule has 0 radical (unpaired) electrons. The van der Waals surface area contributed by atoms with E-state index >= 15 is 0 Å². The lowest BCUT2D eigenvalue weighted by Crippen LogP contribution is -2.14. The highest BCUT2D eigenvalue weighted by atomic mass is 79.9. The molecule has 0 unspecified atom stereocenters. The fraction of sp³-hybridized carbons (Fsp3) is 0.714. The predicted molar refractivity (Wildman–Crippen MR) is 56.0 cm³/mol. The van der Waals surface area contributed by atoms with E-state index < -0.39 is 0 Å². The molecule has 1 aromatic rings. The average molecular weight is 267 g/mol. The van der Waals surface area contributed by atoms with Crippen molar-refractivity contribution in [3.05, 3.63) is 9.67 Å². The first-order valence-electron chi connectivity index (χ1n) is 3.96. The normalized spacial score (nSPS) is 10.3. The van der Waals surface area contributed by atoms with Crippen molar-refractivity contribution >= 4 is 27.3 Å². The Bertz CT molecular complexity index is 310. The molecule has 0 fully saturated rings. The van der Waals surface area contributed by atoms with E-state index in [-0.39, 0.29) is 4.87 Å². The Balaban J connectivity index is 2.55.